The van der Waals surface area contributed by atoms with E-state index >= 15 is 0 Å². The second-order valence-electron chi connectivity index (χ2n) is 5.40. The SMILES string of the molecule is O=C(COc1nn(-c2ccccc2)cc1Br)NC1CCCC1. The summed E-state index contributed by atoms with van der Waals surface area (Å²) in [6.45, 7) is -0.0130. The van der Waals surface area contributed by atoms with Gasteiger partial charge in [-0.2, -0.15) is 0 Å². The molecular formula is C16H18BrN3O2. The molecule has 0 spiro atoms. The van der Waals surface area contributed by atoms with Crippen molar-refractivity contribution in [1.29, 1.82) is 0 Å². The highest BCUT2D eigenvalue weighted by Crippen LogP contribution is 2.24. The lowest BCUT2D eigenvalue weighted by Gasteiger charge is -2.11. The average Bonchev–Trinajstić information content (AvgIpc) is 3.16. The Hall–Kier alpha value is -1.82. The fraction of sp³-hybridized carbons (Fsp3) is 0.375. The number of carbonyl (C=O) groups is 1. The maximum atomic E-state index is 11.9. The first-order valence-electron chi connectivity index (χ1n) is 7.45. The van der Waals surface area contributed by atoms with E-state index in [1.807, 2.05) is 36.5 Å². The highest BCUT2D eigenvalue weighted by atomic mass is 79.9. The van der Waals surface area contributed by atoms with E-state index in [1.54, 1.807) is 4.68 Å². The Bertz CT molecular complexity index is 636. The number of para-hydroxylation sites is 1. The van der Waals surface area contributed by atoms with Crippen LogP contribution in [0.15, 0.2) is 41.0 Å². The molecule has 6 heteroatoms. The highest BCUT2D eigenvalue weighted by molar-refractivity contribution is 9.10. The molecule has 2 aromatic rings. The van der Waals surface area contributed by atoms with Crippen LogP contribution in [0, 0.1) is 0 Å². The molecule has 0 bridgehead atoms. The molecule has 1 N–H and O–H groups in total. The third-order valence-corrected chi connectivity index (χ3v) is 4.26. The second kappa shape index (κ2) is 6.96. The molecule has 0 unspecified atom stereocenters. The van der Waals surface area contributed by atoms with Crippen molar-refractivity contribution in [1.82, 2.24) is 15.1 Å². The molecule has 1 aliphatic rings. The Morgan fingerprint density at radius 1 is 1.32 bits per heavy atom. The molecule has 5 nitrogen and oxygen atoms in total. The fourth-order valence-corrected chi connectivity index (χ4v) is 3.01. The minimum atomic E-state index is -0.0898. The number of hydrogen-bond acceptors (Lipinski definition) is 3. The van der Waals surface area contributed by atoms with Crippen molar-refractivity contribution < 1.29 is 9.53 Å². The van der Waals surface area contributed by atoms with Gasteiger partial charge in [0.15, 0.2) is 6.61 Å². The maximum Gasteiger partial charge on any atom is 0.258 e. The number of nitrogens with one attached hydrogen (secondary N) is 1. The minimum absolute atomic E-state index is 0.0130. The second-order valence-corrected chi connectivity index (χ2v) is 6.25. The first-order valence-corrected chi connectivity index (χ1v) is 8.24. The molecule has 1 aromatic heterocycles. The fourth-order valence-electron chi connectivity index (χ4n) is 2.62. The lowest BCUT2D eigenvalue weighted by molar-refractivity contribution is -0.123. The Balaban J connectivity index is 1.58. The van der Waals surface area contributed by atoms with Crippen LogP contribution in [-0.2, 0) is 4.79 Å². The number of benzene rings is 1. The molecule has 0 atom stereocenters. The van der Waals surface area contributed by atoms with Crippen LogP contribution in [0.25, 0.3) is 5.69 Å². The number of hydrogen-bond donors (Lipinski definition) is 1. The summed E-state index contributed by atoms with van der Waals surface area (Å²) in [7, 11) is 0. The van der Waals surface area contributed by atoms with Gasteiger partial charge in [0, 0.05) is 12.2 Å². The smallest absolute Gasteiger partial charge is 0.258 e. The Labute approximate surface area is 137 Å². The number of ether oxygens (including phenoxy) is 1. The van der Waals surface area contributed by atoms with Gasteiger partial charge >= 0.3 is 0 Å². The molecule has 1 aliphatic carbocycles. The Morgan fingerprint density at radius 3 is 2.77 bits per heavy atom. The number of aromatic nitrogens is 2. The van der Waals surface area contributed by atoms with Gasteiger partial charge in [-0.3, -0.25) is 4.79 Å². The van der Waals surface area contributed by atoms with Crippen LogP contribution in [0.4, 0.5) is 0 Å². The molecule has 22 heavy (non-hydrogen) atoms. The summed E-state index contributed by atoms with van der Waals surface area (Å²) in [6.07, 6.45) is 6.34. The molecule has 3 rings (SSSR count). The van der Waals surface area contributed by atoms with Crippen molar-refractivity contribution in [2.24, 2.45) is 0 Å². The zero-order valence-corrected chi connectivity index (χ0v) is 13.8. The molecule has 1 fully saturated rings. The summed E-state index contributed by atoms with van der Waals surface area (Å²) >= 11 is 3.41. The molecule has 1 aromatic carbocycles. The highest BCUT2D eigenvalue weighted by Gasteiger charge is 2.18. The van der Waals surface area contributed by atoms with Crippen molar-refractivity contribution in [3.63, 3.8) is 0 Å². The topological polar surface area (TPSA) is 56.1 Å². The zero-order valence-electron chi connectivity index (χ0n) is 12.2. The van der Waals surface area contributed by atoms with E-state index in [4.69, 9.17) is 4.74 Å². The number of halogens is 1. The van der Waals surface area contributed by atoms with E-state index in [2.05, 4.69) is 26.3 Å². The minimum Gasteiger partial charge on any atom is -0.466 e. The molecule has 1 amide bonds. The van der Waals surface area contributed by atoms with Gasteiger partial charge in [-0.1, -0.05) is 31.0 Å². The van der Waals surface area contributed by atoms with E-state index in [-0.39, 0.29) is 12.5 Å². The predicted octanol–water partition coefficient (Wildman–Crippen LogP) is 3.07. The van der Waals surface area contributed by atoms with Gasteiger partial charge in [0.2, 0.25) is 5.88 Å². The lowest BCUT2D eigenvalue weighted by Crippen LogP contribution is -2.36. The summed E-state index contributed by atoms with van der Waals surface area (Å²) in [5.74, 6) is 0.332. The molecule has 0 aliphatic heterocycles. The average molecular weight is 364 g/mol. The van der Waals surface area contributed by atoms with E-state index in [9.17, 15) is 4.79 Å². The van der Waals surface area contributed by atoms with Gasteiger partial charge in [0.1, 0.15) is 0 Å². The predicted molar refractivity (Wildman–Crippen MR) is 87.2 cm³/mol. The van der Waals surface area contributed by atoms with Gasteiger partial charge in [-0.15, -0.1) is 5.10 Å². The standard InChI is InChI=1S/C16H18BrN3O2/c17-14-10-20(13-8-2-1-3-9-13)19-16(14)22-11-15(21)18-12-6-4-5-7-12/h1-3,8-10,12H,4-7,11H2,(H,18,21). The number of nitrogens with zero attached hydrogens (tertiary/aromatic N) is 2. The summed E-state index contributed by atoms with van der Waals surface area (Å²) < 4.78 is 7.96. The third-order valence-electron chi connectivity index (χ3n) is 3.72. The van der Waals surface area contributed by atoms with Crippen LogP contribution in [-0.4, -0.2) is 28.3 Å². The Morgan fingerprint density at radius 2 is 2.05 bits per heavy atom. The van der Waals surface area contributed by atoms with Gasteiger partial charge in [-0.05, 0) is 40.9 Å². The van der Waals surface area contributed by atoms with Gasteiger partial charge in [0.05, 0.1) is 10.2 Å². The largest absolute Gasteiger partial charge is 0.466 e. The summed E-state index contributed by atoms with van der Waals surface area (Å²) in [6, 6.07) is 10.1. The van der Waals surface area contributed by atoms with Gasteiger partial charge < -0.3 is 10.1 Å². The van der Waals surface area contributed by atoms with Crippen molar-refractivity contribution in [3.05, 3.63) is 41.0 Å². The lowest BCUT2D eigenvalue weighted by atomic mass is 10.2. The first-order chi connectivity index (χ1) is 10.7. The molecule has 116 valence electrons. The van der Waals surface area contributed by atoms with Crippen molar-refractivity contribution in [3.8, 4) is 11.6 Å². The van der Waals surface area contributed by atoms with Crippen LogP contribution in [0.3, 0.4) is 0 Å². The first kappa shape index (κ1) is 15.1. The van der Waals surface area contributed by atoms with E-state index in [0.717, 1.165) is 23.0 Å². The van der Waals surface area contributed by atoms with E-state index in [1.165, 1.54) is 12.8 Å². The third kappa shape index (κ3) is 3.68. The van der Waals surface area contributed by atoms with Crippen LogP contribution in [0.2, 0.25) is 0 Å². The van der Waals surface area contributed by atoms with Crippen molar-refractivity contribution in [2.75, 3.05) is 6.61 Å². The van der Waals surface area contributed by atoms with Crippen LogP contribution in [0.5, 0.6) is 5.88 Å². The summed E-state index contributed by atoms with van der Waals surface area (Å²) in [5, 5.41) is 7.34. The molecule has 1 saturated carbocycles. The molecule has 0 saturated heterocycles. The van der Waals surface area contributed by atoms with Crippen molar-refractivity contribution >= 4 is 21.8 Å². The van der Waals surface area contributed by atoms with Crippen LogP contribution < -0.4 is 10.1 Å². The van der Waals surface area contributed by atoms with Crippen LogP contribution >= 0.6 is 15.9 Å². The monoisotopic (exact) mass is 363 g/mol. The molecule has 1 heterocycles. The van der Waals surface area contributed by atoms with E-state index in [0.29, 0.717) is 11.9 Å². The number of rotatable bonds is 5. The van der Waals surface area contributed by atoms with E-state index < -0.39 is 0 Å². The number of amides is 1. The summed E-state index contributed by atoms with van der Waals surface area (Å²) in [4.78, 5) is 11.9. The van der Waals surface area contributed by atoms with Crippen molar-refractivity contribution in [2.45, 2.75) is 31.7 Å². The van der Waals surface area contributed by atoms with Crippen LogP contribution in [0.1, 0.15) is 25.7 Å². The molecular weight excluding hydrogens is 346 g/mol. The molecule has 0 radical (unpaired) electrons. The Kier molecular flexibility index (Phi) is 4.77. The quantitative estimate of drug-likeness (QED) is 0.887. The van der Waals surface area contributed by atoms with Gasteiger partial charge in [0.25, 0.3) is 5.91 Å². The normalized spacial score (nSPS) is 15.0. The number of carbonyl (C=O) groups excluding carboxylic acids is 1. The maximum absolute atomic E-state index is 11.9. The summed E-state index contributed by atoms with van der Waals surface area (Å²) in [5.41, 5.74) is 0.938. The zero-order chi connectivity index (χ0) is 15.4. The van der Waals surface area contributed by atoms with Gasteiger partial charge in [-0.25, -0.2) is 4.68 Å².